The van der Waals surface area contributed by atoms with Crippen LogP contribution in [0.3, 0.4) is 0 Å². The van der Waals surface area contributed by atoms with Crippen molar-refractivity contribution in [2.45, 2.75) is 147 Å². The maximum Gasteiger partial charge on any atom is 0.227 e. The summed E-state index contributed by atoms with van der Waals surface area (Å²) in [5, 5.41) is 0. The van der Waals surface area contributed by atoms with Crippen molar-refractivity contribution in [2.24, 2.45) is 23.7 Å². The van der Waals surface area contributed by atoms with Crippen LogP contribution in [0, 0.1) is 23.7 Å². The number of hydrogen-bond donors (Lipinski definition) is 0. The van der Waals surface area contributed by atoms with E-state index in [-0.39, 0.29) is 74.7 Å². The average molecular weight is 781 g/mol. The number of methoxy groups -OCH3 is 2. The van der Waals surface area contributed by atoms with Crippen LogP contribution in [0.4, 0.5) is 0 Å². The second-order valence-electron chi connectivity index (χ2n) is 15.1. The fourth-order valence-corrected chi connectivity index (χ4v) is 3.99. The van der Waals surface area contributed by atoms with Crippen LogP contribution in [0.15, 0.2) is 0 Å². The van der Waals surface area contributed by atoms with Gasteiger partial charge >= 0.3 is 0 Å². The molecule has 0 saturated carbocycles. The summed E-state index contributed by atoms with van der Waals surface area (Å²) in [7, 11) is 17.4. The summed E-state index contributed by atoms with van der Waals surface area (Å²) in [5.74, 6) is 1.70. The fraction of sp³-hybridized carbons (Fsp3) is 0.905. The minimum absolute atomic E-state index is 0. The van der Waals surface area contributed by atoms with Crippen LogP contribution in [0.1, 0.15) is 123 Å². The van der Waals surface area contributed by atoms with Gasteiger partial charge in [-0.15, -0.1) is 0 Å². The molecule has 0 heterocycles. The van der Waals surface area contributed by atoms with Gasteiger partial charge in [-0.2, -0.15) is 0 Å². The summed E-state index contributed by atoms with van der Waals surface area (Å²) in [6.45, 7) is 21.9. The van der Waals surface area contributed by atoms with Crippen LogP contribution in [0.2, 0.25) is 0 Å². The van der Waals surface area contributed by atoms with Crippen molar-refractivity contribution in [2.75, 3.05) is 83.8 Å². The molecule has 0 radical (unpaired) electrons. The second-order valence-corrected chi connectivity index (χ2v) is 15.1. The Morgan fingerprint density at radius 3 is 1.09 bits per heavy atom. The van der Waals surface area contributed by atoms with Crippen molar-refractivity contribution in [3.05, 3.63) is 0 Å². The van der Waals surface area contributed by atoms with Crippen molar-refractivity contribution in [1.29, 1.82) is 0 Å². The normalized spacial score (nSPS) is 13.6. The van der Waals surface area contributed by atoms with Gasteiger partial charge in [-0.05, 0) is 51.4 Å². The molecule has 0 N–H and O–H groups in total. The average Bonchev–Trinajstić information content (AvgIpc) is 3.08. The van der Waals surface area contributed by atoms with E-state index >= 15 is 0 Å². The molecule has 0 aromatic rings. The minimum atomic E-state index is -0.0628. The maximum absolute atomic E-state index is 11.6. The van der Waals surface area contributed by atoms with Gasteiger partial charge < -0.3 is 38.5 Å². The molecule has 12 nitrogen and oxygen atoms in total. The van der Waals surface area contributed by atoms with Gasteiger partial charge in [0, 0.05) is 83.8 Å². The van der Waals surface area contributed by atoms with E-state index in [1.54, 1.807) is 90.2 Å². The molecular formula is C42H92N4O8. The predicted molar refractivity (Wildman–Crippen MR) is 228 cm³/mol. The Bertz CT molecular complexity index is 894. The first-order chi connectivity index (χ1) is 23.9. The van der Waals surface area contributed by atoms with Crippen LogP contribution in [0.25, 0.3) is 0 Å². The molecule has 0 aliphatic heterocycles. The molecule has 4 amide bonds. The fourth-order valence-electron chi connectivity index (χ4n) is 3.99. The monoisotopic (exact) mass is 781 g/mol. The van der Waals surface area contributed by atoms with Gasteiger partial charge in [0.25, 0.3) is 0 Å². The third kappa shape index (κ3) is 35.4. The molecule has 54 heavy (non-hydrogen) atoms. The molecule has 0 aromatic carbocycles. The number of hydrogen-bond acceptors (Lipinski definition) is 8. The Morgan fingerprint density at radius 1 is 0.481 bits per heavy atom. The summed E-state index contributed by atoms with van der Waals surface area (Å²) in [4.78, 5) is 51.9. The Kier molecular flexibility index (Phi) is 44.4. The van der Waals surface area contributed by atoms with Crippen LogP contribution in [0.5, 0.6) is 0 Å². The van der Waals surface area contributed by atoms with Crippen molar-refractivity contribution >= 4 is 23.6 Å². The highest BCUT2D eigenvalue weighted by Crippen LogP contribution is 2.12. The molecule has 328 valence electrons. The molecule has 0 aliphatic carbocycles. The highest BCUT2D eigenvalue weighted by Gasteiger charge is 2.22. The molecule has 6 unspecified atom stereocenters. The Hall–Kier alpha value is -2.28. The first-order valence-corrected chi connectivity index (χ1v) is 19.1. The highest BCUT2D eigenvalue weighted by molar-refractivity contribution is 5.79. The number of amides is 4. The van der Waals surface area contributed by atoms with E-state index in [1.165, 1.54) is 0 Å². The van der Waals surface area contributed by atoms with Gasteiger partial charge in [-0.1, -0.05) is 70.2 Å². The number of carbonyl (C=O) groups is 4. The molecule has 6 atom stereocenters. The molecule has 12 heteroatoms. The second kappa shape index (κ2) is 37.6. The van der Waals surface area contributed by atoms with E-state index in [9.17, 15) is 19.2 Å². The smallest absolute Gasteiger partial charge is 0.227 e. The molecule has 0 aromatic heterocycles. The summed E-state index contributed by atoms with van der Waals surface area (Å²) in [6, 6.07) is 0. The third-order valence-corrected chi connectivity index (χ3v) is 8.61. The van der Waals surface area contributed by atoms with Crippen molar-refractivity contribution in [3.63, 3.8) is 0 Å². The molecule has 0 aliphatic rings. The molecule has 0 rings (SSSR count). The molecular weight excluding hydrogens is 688 g/mol. The van der Waals surface area contributed by atoms with Crippen LogP contribution < -0.4 is 0 Å². The highest BCUT2D eigenvalue weighted by atomic mass is 16.5. The molecule has 0 saturated heterocycles. The van der Waals surface area contributed by atoms with Gasteiger partial charge in [0.1, 0.15) is 0 Å². The number of carbonyl (C=O) groups excluding carboxylic acids is 4. The number of nitrogens with zero attached hydrogens (tertiary/aromatic N) is 4. The van der Waals surface area contributed by atoms with Gasteiger partial charge in [0.05, 0.1) is 49.1 Å². The SMILES string of the molecule is C.C.CC(C)CCOC(C)C(C)C(=O)N(C)C.CCC(CC(=O)N(C)C)OC.CCC(CC(=O)N(C)C)OCCC(C)C.COC(C)C(C)C(=O)N(C)C. The van der Waals surface area contributed by atoms with E-state index in [0.717, 1.165) is 38.9 Å². The van der Waals surface area contributed by atoms with E-state index in [0.29, 0.717) is 24.7 Å². The largest absolute Gasteiger partial charge is 0.381 e. The topological polar surface area (TPSA) is 118 Å². The van der Waals surface area contributed by atoms with Crippen LogP contribution in [-0.4, -0.2) is 151 Å². The van der Waals surface area contributed by atoms with E-state index in [4.69, 9.17) is 18.9 Å². The zero-order valence-corrected chi connectivity index (χ0v) is 37.3. The van der Waals surface area contributed by atoms with Gasteiger partial charge in [0.15, 0.2) is 0 Å². The molecule has 0 bridgehead atoms. The van der Waals surface area contributed by atoms with E-state index < -0.39 is 0 Å². The minimum Gasteiger partial charge on any atom is -0.381 e. The standard InChI is InChI=1S/2C12H25NO2.2C8H17NO2.2CH4/c1-9(2)7-8-15-11(4)10(3)12(14)13(5)6;1-6-11(9-12(14)13(4)5)15-8-7-10(2)3;1-6(7(2)11-5)8(10)9(3)4;1-5-7(11-4)6-8(10)9(2)3;;/h9-11H,7-8H2,1-6H3;10-11H,6-9H2,1-5H3;6-7H,1-5H3;7H,5-6H2,1-4H3;2*1H4. The van der Waals surface area contributed by atoms with Gasteiger partial charge in [-0.25, -0.2) is 0 Å². The predicted octanol–water partition coefficient (Wildman–Crippen LogP) is 7.38. The zero-order chi connectivity index (χ0) is 41.7. The summed E-state index contributed by atoms with van der Waals surface area (Å²) < 4.78 is 21.4. The lowest BCUT2D eigenvalue weighted by molar-refractivity contribution is -0.137. The summed E-state index contributed by atoms with van der Waals surface area (Å²) >= 11 is 0. The Morgan fingerprint density at radius 2 is 0.815 bits per heavy atom. The van der Waals surface area contributed by atoms with Crippen molar-refractivity contribution in [3.8, 4) is 0 Å². The maximum atomic E-state index is 11.6. The van der Waals surface area contributed by atoms with E-state index in [2.05, 4.69) is 34.6 Å². The molecule has 0 fully saturated rings. The van der Waals surface area contributed by atoms with Crippen molar-refractivity contribution < 1.29 is 38.1 Å². The first kappa shape index (κ1) is 63.7. The van der Waals surface area contributed by atoms with Gasteiger partial charge in [0.2, 0.25) is 23.6 Å². The van der Waals surface area contributed by atoms with Crippen molar-refractivity contribution in [1.82, 2.24) is 19.6 Å². The lowest BCUT2D eigenvalue weighted by Gasteiger charge is -2.23. The number of rotatable bonds is 20. The quantitative estimate of drug-likeness (QED) is 0.126. The van der Waals surface area contributed by atoms with E-state index in [1.807, 2.05) is 34.6 Å². The summed E-state index contributed by atoms with van der Waals surface area (Å²) in [6.07, 6.45) is 5.03. The molecule has 0 spiro atoms. The first-order valence-electron chi connectivity index (χ1n) is 19.1. The van der Waals surface area contributed by atoms with Crippen LogP contribution >= 0.6 is 0 Å². The Balaban J connectivity index is -0.000000142. The lowest BCUT2D eigenvalue weighted by atomic mass is 10.0. The Labute approximate surface area is 335 Å². The number of ether oxygens (including phenoxy) is 4. The lowest BCUT2D eigenvalue weighted by Crippen LogP contribution is -2.35. The zero-order valence-electron chi connectivity index (χ0n) is 37.3. The summed E-state index contributed by atoms with van der Waals surface area (Å²) in [5.41, 5.74) is 0. The third-order valence-electron chi connectivity index (χ3n) is 8.61. The van der Waals surface area contributed by atoms with Crippen LogP contribution in [-0.2, 0) is 38.1 Å². The van der Waals surface area contributed by atoms with Gasteiger partial charge in [-0.3, -0.25) is 19.2 Å².